The van der Waals surface area contributed by atoms with E-state index in [4.69, 9.17) is 4.74 Å². The Hall–Kier alpha value is -1.59. The molecule has 2 unspecified atom stereocenters. The molecule has 2 saturated carbocycles. The monoisotopic (exact) mass is 413 g/mol. The largest absolute Gasteiger partial charge is 0.378 e. The summed E-state index contributed by atoms with van der Waals surface area (Å²) in [5, 5.41) is 3.38. The summed E-state index contributed by atoms with van der Waals surface area (Å²) in [7, 11) is 0. The Labute approximate surface area is 183 Å². The van der Waals surface area contributed by atoms with Crippen LogP contribution in [0.1, 0.15) is 65.0 Å². The number of hydrogen-bond acceptors (Lipinski definition) is 3. The Morgan fingerprint density at radius 1 is 1.07 bits per heavy atom. The first-order valence-electron chi connectivity index (χ1n) is 12.2. The van der Waals surface area contributed by atoms with Crippen molar-refractivity contribution in [3.05, 3.63) is 35.4 Å². The molecule has 30 heavy (non-hydrogen) atoms. The van der Waals surface area contributed by atoms with Crippen LogP contribution in [0.15, 0.2) is 24.3 Å². The highest BCUT2D eigenvalue weighted by Crippen LogP contribution is 2.53. The van der Waals surface area contributed by atoms with Crippen molar-refractivity contribution in [3.8, 4) is 0 Å². The second-order valence-electron chi connectivity index (χ2n) is 10.5. The number of piperidine rings is 1. The van der Waals surface area contributed by atoms with Gasteiger partial charge in [0.1, 0.15) is 0 Å². The minimum atomic E-state index is 0. The van der Waals surface area contributed by atoms with Gasteiger partial charge >= 0.3 is 6.03 Å². The van der Waals surface area contributed by atoms with Gasteiger partial charge in [0.25, 0.3) is 0 Å². The number of carbonyl (C=O) groups is 1. The maximum Gasteiger partial charge on any atom is 0.318 e. The number of nitrogens with zero attached hydrogens (tertiary/aromatic N) is 2. The summed E-state index contributed by atoms with van der Waals surface area (Å²) in [6, 6.07) is 9.99. The molecule has 4 fully saturated rings. The number of nitrogens with one attached hydrogen (secondary N) is 1. The van der Waals surface area contributed by atoms with Crippen molar-refractivity contribution < 1.29 is 12.4 Å². The molecule has 5 nitrogen and oxygen atoms in total. The molecular formula is C25H39N3O2. The summed E-state index contributed by atoms with van der Waals surface area (Å²) in [4.78, 5) is 17.6. The lowest BCUT2D eigenvalue weighted by Gasteiger charge is -2.44. The van der Waals surface area contributed by atoms with E-state index in [-0.39, 0.29) is 20.3 Å². The highest BCUT2D eigenvalue weighted by atomic mass is 16.5. The van der Waals surface area contributed by atoms with Crippen LogP contribution in [-0.2, 0) is 10.2 Å². The number of hydrogen-bond donors (Lipinski definition) is 1. The van der Waals surface area contributed by atoms with E-state index in [9.17, 15) is 4.79 Å². The predicted molar refractivity (Wildman–Crippen MR) is 121 cm³/mol. The van der Waals surface area contributed by atoms with Gasteiger partial charge in [0.2, 0.25) is 0 Å². The SMILES string of the molecule is O=C(N[C@H]1CC2(CCN(C3CC4CC[C@@H]3C4)CC2)c2ccccc21)N1CCOCC1.[HH].[HH]. The van der Waals surface area contributed by atoms with Gasteiger partial charge in [-0.1, -0.05) is 30.7 Å². The fraction of sp³-hybridized carbons (Fsp3) is 0.720. The van der Waals surface area contributed by atoms with E-state index in [1.165, 1.54) is 62.7 Å². The normalized spacial score (nSPS) is 35.0. The molecule has 6 rings (SSSR count). The lowest BCUT2D eigenvalue weighted by atomic mass is 9.73. The first-order chi connectivity index (χ1) is 14.7. The van der Waals surface area contributed by atoms with Crippen LogP contribution in [0.3, 0.4) is 0 Å². The summed E-state index contributed by atoms with van der Waals surface area (Å²) in [6.07, 6.45) is 9.43. The average Bonchev–Trinajstić information content (AvgIpc) is 3.50. The van der Waals surface area contributed by atoms with E-state index in [0.717, 1.165) is 24.3 Å². The topological polar surface area (TPSA) is 44.8 Å². The number of rotatable bonds is 2. The molecule has 2 saturated heterocycles. The molecule has 2 bridgehead atoms. The predicted octanol–water partition coefficient (Wildman–Crippen LogP) is 4.19. The minimum Gasteiger partial charge on any atom is -0.378 e. The van der Waals surface area contributed by atoms with Crippen LogP contribution >= 0.6 is 0 Å². The second-order valence-corrected chi connectivity index (χ2v) is 10.5. The molecule has 1 spiro atoms. The quantitative estimate of drug-likeness (QED) is 0.791. The molecule has 2 heterocycles. The Morgan fingerprint density at radius 2 is 1.87 bits per heavy atom. The van der Waals surface area contributed by atoms with E-state index in [1.54, 1.807) is 0 Å². The van der Waals surface area contributed by atoms with Gasteiger partial charge in [-0.2, -0.15) is 0 Å². The van der Waals surface area contributed by atoms with Crippen LogP contribution in [0.5, 0.6) is 0 Å². The number of amides is 2. The van der Waals surface area contributed by atoms with Gasteiger partial charge < -0.3 is 19.9 Å². The summed E-state index contributed by atoms with van der Waals surface area (Å²) in [6.45, 7) is 5.15. The molecule has 3 aliphatic carbocycles. The molecule has 2 amide bonds. The van der Waals surface area contributed by atoms with Crippen molar-refractivity contribution >= 4 is 6.03 Å². The standard InChI is InChI=1S/C25H35N3O2.2H2/c29-24(28-11-13-30-14-12-28)26-22-17-25(21-4-2-1-3-20(21)22)7-9-27(10-8-25)23-16-18-5-6-19(23)15-18;;/h1-4,18-19,22-23H,5-17H2,(H,26,29);2*1H/t18?,19-,22+,23?;;/m1../s1. The zero-order valence-electron chi connectivity index (χ0n) is 18.0. The van der Waals surface area contributed by atoms with Crippen LogP contribution in [0.4, 0.5) is 4.79 Å². The highest BCUT2D eigenvalue weighted by molar-refractivity contribution is 5.75. The fourth-order valence-electron chi connectivity index (χ4n) is 7.45. The Morgan fingerprint density at radius 3 is 2.60 bits per heavy atom. The van der Waals surface area contributed by atoms with Crippen LogP contribution in [-0.4, -0.2) is 61.3 Å². The Kier molecular flexibility index (Phi) is 4.80. The van der Waals surface area contributed by atoms with E-state index in [0.29, 0.717) is 26.3 Å². The smallest absolute Gasteiger partial charge is 0.318 e. The molecule has 2 aliphatic heterocycles. The lowest BCUT2D eigenvalue weighted by molar-refractivity contribution is 0.0518. The average molecular weight is 414 g/mol. The minimum absolute atomic E-state index is 0. The van der Waals surface area contributed by atoms with Gasteiger partial charge in [-0.25, -0.2) is 4.79 Å². The van der Waals surface area contributed by atoms with Gasteiger partial charge in [-0.05, 0) is 74.6 Å². The third-order valence-corrected chi connectivity index (χ3v) is 9.02. The Balaban J connectivity index is 0.00000122. The van der Waals surface area contributed by atoms with Crippen molar-refractivity contribution in [2.24, 2.45) is 11.8 Å². The number of urea groups is 1. The third-order valence-electron chi connectivity index (χ3n) is 9.02. The third kappa shape index (κ3) is 3.16. The second kappa shape index (κ2) is 7.52. The van der Waals surface area contributed by atoms with Crippen LogP contribution in [0.25, 0.3) is 0 Å². The van der Waals surface area contributed by atoms with Crippen molar-refractivity contribution in [2.45, 2.75) is 62.4 Å². The van der Waals surface area contributed by atoms with Crippen molar-refractivity contribution in [1.82, 2.24) is 15.1 Å². The molecule has 4 atom stereocenters. The zero-order chi connectivity index (χ0) is 20.1. The number of morpholine rings is 1. The number of likely N-dealkylation sites (tertiary alicyclic amines) is 1. The zero-order valence-corrected chi connectivity index (χ0v) is 18.0. The molecule has 1 N–H and O–H groups in total. The summed E-state index contributed by atoms with van der Waals surface area (Å²) in [5.41, 5.74) is 3.10. The maximum absolute atomic E-state index is 12.9. The first kappa shape index (κ1) is 19.1. The van der Waals surface area contributed by atoms with Crippen LogP contribution < -0.4 is 5.32 Å². The number of fused-ring (bicyclic) bond motifs is 4. The Bertz CT molecular complexity index is 808. The van der Waals surface area contributed by atoms with E-state index >= 15 is 0 Å². The molecule has 5 heteroatoms. The number of carbonyl (C=O) groups excluding carboxylic acids is 1. The molecule has 5 aliphatic rings. The van der Waals surface area contributed by atoms with E-state index < -0.39 is 0 Å². The van der Waals surface area contributed by atoms with Crippen molar-refractivity contribution in [2.75, 3.05) is 39.4 Å². The first-order valence-corrected chi connectivity index (χ1v) is 12.2. The molecule has 1 aromatic carbocycles. The molecule has 166 valence electrons. The van der Waals surface area contributed by atoms with Gasteiger partial charge in [-0.15, -0.1) is 0 Å². The number of benzene rings is 1. The summed E-state index contributed by atoms with van der Waals surface area (Å²) < 4.78 is 5.41. The lowest BCUT2D eigenvalue weighted by Crippen LogP contribution is -2.49. The van der Waals surface area contributed by atoms with Crippen LogP contribution in [0.2, 0.25) is 0 Å². The van der Waals surface area contributed by atoms with Gasteiger partial charge in [-0.3, -0.25) is 0 Å². The fourth-order valence-corrected chi connectivity index (χ4v) is 7.45. The van der Waals surface area contributed by atoms with Gasteiger partial charge in [0, 0.05) is 27.4 Å². The van der Waals surface area contributed by atoms with Gasteiger partial charge in [0.15, 0.2) is 0 Å². The van der Waals surface area contributed by atoms with Crippen molar-refractivity contribution in [1.29, 1.82) is 0 Å². The van der Waals surface area contributed by atoms with E-state index in [2.05, 4.69) is 34.5 Å². The maximum atomic E-state index is 12.9. The molecule has 0 radical (unpaired) electrons. The molecule has 1 aromatic rings. The summed E-state index contributed by atoms with van der Waals surface area (Å²) in [5.74, 6) is 1.99. The van der Waals surface area contributed by atoms with Crippen molar-refractivity contribution in [3.63, 3.8) is 0 Å². The number of ether oxygens (including phenoxy) is 1. The van der Waals surface area contributed by atoms with Crippen LogP contribution in [0, 0.1) is 11.8 Å². The molecular weight excluding hydrogens is 374 g/mol. The highest BCUT2D eigenvalue weighted by Gasteiger charge is 2.49. The van der Waals surface area contributed by atoms with Gasteiger partial charge in [0.05, 0.1) is 19.3 Å². The summed E-state index contributed by atoms with van der Waals surface area (Å²) >= 11 is 0. The van der Waals surface area contributed by atoms with E-state index in [1.807, 2.05) is 4.90 Å². The molecule has 0 aromatic heterocycles.